The van der Waals surface area contributed by atoms with Crippen molar-refractivity contribution >= 4 is 15.9 Å². The molecular formula is C21H17BrO. The summed E-state index contributed by atoms with van der Waals surface area (Å²) in [5.74, 6) is 1.91. The van der Waals surface area contributed by atoms with Crippen molar-refractivity contribution in [2.75, 3.05) is 0 Å². The van der Waals surface area contributed by atoms with E-state index in [9.17, 15) is 0 Å². The maximum absolute atomic E-state index is 6.33. The second kappa shape index (κ2) is 5.24. The second-order valence-electron chi connectivity index (χ2n) is 6.39. The SMILES string of the molecule is CC1(C)c2ccccc2Oc2c(-c3ccccc3Br)cccc21. The molecule has 0 bridgehead atoms. The zero-order chi connectivity index (χ0) is 16.0. The van der Waals surface area contributed by atoms with Crippen molar-refractivity contribution in [3.05, 3.63) is 82.3 Å². The molecule has 1 nitrogen and oxygen atoms in total. The van der Waals surface area contributed by atoms with Gasteiger partial charge in [0.25, 0.3) is 0 Å². The minimum atomic E-state index is -0.0819. The first-order valence-electron chi connectivity index (χ1n) is 7.75. The van der Waals surface area contributed by atoms with Crippen LogP contribution >= 0.6 is 15.9 Å². The molecule has 23 heavy (non-hydrogen) atoms. The van der Waals surface area contributed by atoms with Crippen molar-refractivity contribution in [1.82, 2.24) is 0 Å². The van der Waals surface area contributed by atoms with Gasteiger partial charge in [-0.1, -0.05) is 84.4 Å². The number of ether oxygens (including phenoxy) is 1. The molecule has 0 N–H and O–H groups in total. The molecule has 0 radical (unpaired) electrons. The zero-order valence-electron chi connectivity index (χ0n) is 13.1. The Labute approximate surface area is 145 Å². The van der Waals surface area contributed by atoms with E-state index in [1.165, 1.54) is 11.1 Å². The van der Waals surface area contributed by atoms with Crippen molar-refractivity contribution in [2.45, 2.75) is 19.3 Å². The molecule has 1 aliphatic rings. The molecule has 4 rings (SSSR count). The molecule has 0 spiro atoms. The van der Waals surface area contributed by atoms with Crippen LogP contribution in [-0.2, 0) is 5.41 Å². The van der Waals surface area contributed by atoms with Crippen molar-refractivity contribution in [3.8, 4) is 22.6 Å². The highest BCUT2D eigenvalue weighted by Crippen LogP contribution is 2.51. The summed E-state index contributed by atoms with van der Waals surface area (Å²) in [6.45, 7) is 4.52. The zero-order valence-corrected chi connectivity index (χ0v) is 14.7. The lowest BCUT2D eigenvalue weighted by atomic mass is 9.75. The Morgan fingerprint density at radius 1 is 0.739 bits per heavy atom. The lowest BCUT2D eigenvalue weighted by Gasteiger charge is -2.35. The maximum atomic E-state index is 6.33. The number of benzene rings is 3. The van der Waals surface area contributed by atoms with Crippen molar-refractivity contribution in [1.29, 1.82) is 0 Å². The van der Waals surface area contributed by atoms with Gasteiger partial charge in [0.15, 0.2) is 0 Å². The molecule has 114 valence electrons. The Morgan fingerprint density at radius 2 is 1.39 bits per heavy atom. The van der Waals surface area contributed by atoms with Crippen LogP contribution in [-0.4, -0.2) is 0 Å². The Kier molecular flexibility index (Phi) is 3.31. The first-order valence-corrected chi connectivity index (χ1v) is 8.54. The standard InChI is InChI=1S/C21H17BrO/c1-21(2)16-10-4-6-13-19(16)23-20-15(9-7-11-17(20)21)14-8-3-5-12-18(14)22/h3-13H,1-2H3. The van der Waals surface area contributed by atoms with Crippen LogP contribution in [0.15, 0.2) is 71.2 Å². The fourth-order valence-electron chi connectivity index (χ4n) is 3.36. The van der Waals surface area contributed by atoms with E-state index >= 15 is 0 Å². The summed E-state index contributed by atoms with van der Waals surface area (Å²) in [4.78, 5) is 0. The fourth-order valence-corrected chi connectivity index (χ4v) is 3.86. The first-order chi connectivity index (χ1) is 11.1. The van der Waals surface area contributed by atoms with E-state index in [0.29, 0.717) is 0 Å². The maximum Gasteiger partial charge on any atom is 0.139 e. The topological polar surface area (TPSA) is 9.23 Å². The normalized spacial score (nSPS) is 14.6. The smallest absolute Gasteiger partial charge is 0.139 e. The molecule has 3 aromatic rings. The average molecular weight is 365 g/mol. The largest absolute Gasteiger partial charge is 0.456 e. The third-order valence-corrected chi connectivity index (χ3v) is 5.32. The van der Waals surface area contributed by atoms with Gasteiger partial charge >= 0.3 is 0 Å². The Bertz CT molecular complexity index is 896. The second-order valence-corrected chi connectivity index (χ2v) is 7.24. The van der Waals surface area contributed by atoms with Gasteiger partial charge in [0, 0.05) is 26.6 Å². The summed E-state index contributed by atoms with van der Waals surface area (Å²) in [6.07, 6.45) is 0. The monoisotopic (exact) mass is 364 g/mol. The van der Waals surface area contributed by atoms with Crippen LogP contribution in [0.4, 0.5) is 0 Å². The number of fused-ring (bicyclic) bond motifs is 2. The van der Waals surface area contributed by atoms with E-state index < -0.39 is 0 Å². The van der Waals surface area contributed by atoms with E-state index in [1.54, 1.807) is 0 Å². The molecule has 0 amide bonds. The Hall–Kier alpha value is -2.06. The van der Waals surface area contributed by atoms with E-state index in [-0.39, 0.29) is 5.41 Å². The summed E-state index contributed by atoms with van der Waals surface area (Å²) in [6, 6.07) is 23.0. The number of rotatable bonds is 1. The lowest BCUT2D eigenvalue weighted by molar-refractivity contribution is 0.419. The Balaban J connectivity index is 1.99. The highest BCUT2D eigenvalue weighted by atomic mass is 79.9. The minimum Gasteiger partial charge on any atom is -0.456 e. The molecule has 0 atom stereocenters. The Morgan fingerprint density at radius 3 is 2.22 bits per heavy atom. The number of hydrogen-bond donors (Lipinski definition) is 0. The average Bonchev–Trinajstić information content (AvgIpc) is 2.55. The quantitative estimate of drug-likeness (QED) is 0.475. The van der Waals surface area contributed by atoms with Crippen LogP contribution in [0.25, 0.3) is 11.1 Å². The molecule has 0 saturated heterocycles. The van der Waals surface area contributed by atoms with Gasteiger partial charge in [-0.05, 0) is 17.7 Å². The summed E-state index contributed by atoms with van der Waals surface area (Å²) >= 11 is 3.67. The molecule has 0 fully saturated rings. The van der Waals surface area contributed by atoms with Gasteiger partial charge in [0.05, 0.1) is 0 Å². The van der Waals surface area contributed by atoms with Gasteiger partial charge in [0.1, 0.15) is 11.5 Å². The molecular weight excluding hydrogens is 348 g/mol. The van der Waals surface area contributed by atoms with E-state index in [2.05, 4.69) is 84.4 Å². The highest BCUT2D eigenvalue weighted by molar-refractivity contribution is 9.10. The molecule has 0 saturated carbocycles. The predicted octanol–water partition coefficient (Wildman–Crippen LogP) is 6.55. The van der Waals surface area contributed by atoms with Crippen LogP contribution in [0, 0.1) is 0 Å². The van der Waals surface area contributed by atoms with Crippen LogP contribution in [0.2, 0.25) is 0 Å². The fraction of sp³-hybridized carbons (Fsp3) is 0.143. The summed E-state index contributed by atoms with van der Waals surface area (Å²) in [5.41, 5.74) is 4.65. The van der Waals surface area contributed by atoms with Crippen LogP contribution < -0.4 is 4.74 Å². The van der Waals surface area contributed by atoms with Crippen LogP contribution in [0.1, 0.15) is 25.0 Å². The number of hydrogen-bond acceptors (Lipinski definition) is 1. The van der Waals surface area contributed by atoms with Gasteiger partial charge in [-0.3, -0.25) is 0 Å². The highest BCUT2D eigenvalue weighted by Gasteiger charge is 2.35. The number of halogens is 1. The molecule has 2 heteroatoms. The van der Waals surface area contributed by atoms with Crippen LogP contribution in [0.5, 0.6) is 11.5 Å². The molecule has 1 aliphatic heterocycles. The summed E-state index contributed by atoms with van der Waals surface area (Å²) < 4.78 is 7.41. The van der Waals surface area contributed by atoms with Crippen LogP contribution in [0.3, 0.4) is 0 Å². The van der Waals surface area contributed by atoms with Crippen molar-refractivity contribution in [3.63, 3.8) is 0 Å². The molecule has 0 aliphatic carbocycles. The lowest BCUT2D eigenvalue weighted by Crippen LogP contribution is -2.24. The van der Waals surface area contributed by atoms with Gasteiger partial charge in [-0.25, -0.2) is 0 Å². The molecule has 1 heterocycles. The summed E-state index contributed by atoms with van der Waals surface area (Å²) in [7, 11) is 0. The van der Waals surface area contributed by atoms with Crippen molar-refractivity contribution < 1.29 is 4.74 Å². The third-order valence-electron chi connectivity index (χ3n) is 4.62. The van der Waals surface area contributed by atoms with Gasteiger partial charge in [-0.15, -0.1) is 0 Å². The van der Waals surface area contributed by atoms with E-state index in [4.69, 9.17) is 4.74 Å². The van der Waals surface area contributed by atoms with Gasteiger partial charge < -0.3 is 4.74 Å². The van der Waals surface area contributed by atoms with Gasteiger partial charge in [0.2, 0.25) is 0 Å². The van der Waals surface area contributed by atoms with Crippen molar-refractivity contribution in [2.24, 2.45) is 0 Å². The van der Waals surface area contributed by atoms with Gasteiger partial charge in [-0.2, -0.15) is 0 Å². The summed E-state index contributed by atoms with van der Waals surface area (Å²) in [5, 5.41) is 0. The predicted molar refractivity (Wildman–Crippen MR) is 98.2 cm³/mol. The number of para-hydroxylation sites is 2. The van der Waals surface area contributed by atoms with E-state index in [0.717, 1.165) is 27.1 Å². The molecule has 3 aromatic carbocycles. The molecule has 0 unspecified atom stereocenters. The third kappa shape index (κ3) is 2.21. The first kappa shape index (κ1) is 14.5. The van der Waals surface area contributed by atoms with E-state index in [1.807, 2.05) is 12.1 Å². The minimum absolute atomic E-state index is 0.0819. The molecule has 0 aromatic heterocycles.